The number of piperidine rings is 1. The molecule has 1 saturated heterocycles. The number of aryl methyl sites for hydroxylation is 2. The normalized spacial score (nSPS) is 16.0. The lowest BCUT2D eigenvalue weighted by molar-refractivity contribution is 0.352. The van der Waals surface area contributed by atoms with Gasteiger partial charge in [0.15, 0.2) is 5.65 Å². The fourth-order valence-electron chi connectivity index (χ4n) is 3.78. The Hall–Kier alpha value is -2.37. The van der Waals surface area contributed by atoms with E-state index < -0.39 is 0 Å². The van der Waals surface area contributed by atoms with E-state index in [-0.39, 0.29) is 0 Å². The molecule has 0 saturated carbocycles. The highest BCUT2D eigenvalue weighted by atomic mass is 15.3. The second kappa shape index (κ2) is 6.86. The van der Waals surface area contributed by atoms with Gasteiger partial charge in [-0.15, -0.1) is 0 Å². The lowest BCUT2D eigenvalue weighted by atomic mass is 9.96. The summed E-state index contributed by atoms with van der Waals surface area (Å²) in [6, 6.07) is 4.22. The van der Waals surface area contributed by atoms with Crippen molar-refractivity contribution in [2.45, 2.75) is 46.1 Å². The minimum absolute atomic E-state index is 0.717. The van der Waals surface area contributed by atoms with Crippen LogP contribution < -0.4 is 4.90 Å². The number of fused-ring (bicyclic) bond motifs is 1. The molecule has 0 aromatic carbocycles. The predicted molar refractivity (Wildman–Crippen MR) is 98.9 cm³/mol. The highest BCUT2D eigenvalue weighted by Crippen LogP contribution is 2.25. The molecule has 0 bridgehead atoms. The van der Waals surface area contributed by atoms with Gasteiger partial charge in [0.25, 0.3) is 0 Å². The molecule has 4 heterocycles. The lowest BCUT2D eigenvalue weighted by Crippen LogP contribution is -2.36. The maximum atomic E-state index is 4.72. The van der Waals surface area contributed by atoms with E-state index in [4.69, 9.17) is 4.98 Å². The zero-order valence-electron chi connectivity index (χ0n) is 15.1. The zero-order valence-corrected chi connectivity index (χ0v) is 15.1. The van der Waals surface area contributed by atoms with E-state index in [1.807, 2.05) is 23.0 Å². The Kier molecular flexibility index (Phi) is 4.42. The third kappa shape index (κ3) is 3.25. The lowest BCUT2D eigenvalue weighted by Gasteiger charge is -2.34. The van der Waals surface area contributed by atoms with Crippen LogP contribution in [0.25, 0.3) is 5.65 Å². The molecule has 3 aromatic rings. The molecule has 1 aliphatic heterocycles. The number of imidazole rings is 1. The van der Waals surface area contributed by atoms with Crippen molar-refractivity contribution in [1.29, 1.82) is 0 Å². The summed E-state index contributed by atoms with van der Waals surface area (Å²) in [6.07, 6.45) is 10.4. The van der Waals surface area contributed by atoms with E-state index >= 15 is 0 Å². The quantitative estimate of drug-likeness (QED) is 0.717. The average Bonchev–Trinajstić information content (AvgIpc) is 3.24. The first kappa shape index (κ1) is 16.1. The molecule has 0 amide bonds. The van der Waals surface area contributed by atoms with Crippen molar-refractivity contribution < 1.29 is 0 Å². The molecular weight excluding hydrogens is 312 g/mol. The molecule has 132 valence electrons. The predicted octanol–water partition coefficient (Wildman–Crippen LogP) is 3.10. The van der Waals surface area contributed by atoms with Crippen LogP contribution in [0.1, 0.15) is 37.7 Å². The molecule has 0 spiro atoms. The molecule has 0 N–H and O–H groups in total. The van der Waals surface area contributed by atoms with Gasteiger partial charge in [-0.25, -0.2) is 9.97 Å². The molecule has 6 nitrogen and oxygen atoms in total. The van der Waals surface area contributed by atoms with Crippen molar-refractivity contribution in [3.8, 4) is 0 Å². The number of nitrogens with zero attached hydrogens (tertiary/aromatic N) is 6. The minimum atomic E-state index is 0.717. The van der Waals surface area contributed by atoms with Crippen LogP contribution in [-0.2, 0) is 13.0 Å². The van der Waals surface area contributed by atoms with E-state index in [1.165, 1.54) is 24.4 Å². The molecule has 0 aliphatic carbocycles. The molecule has 4 rings (SSSR count). The van der Waals surface area contributed by atoms with Crippen LogP contribution in [0.4, 0.5) is 5.82 Å². The van der Waals surface area contributed by atoms with Gasteiger partial charge < -0.3 is 9.47 Å². The Morgan fingerprint density at radius 3 is 2.76 bits per heavy atom. The van der Waals surface area contributed by atoms with Crippen LogP contribution in [0.5, 0.6) is 0 Å². The maximum Gasteiger partial charge on any atom is 0.157 e. The van der Waals surface area contributed by atoms with Gasteiger partial charge in [-0.1, -0.05) is 13.3 Å². The largest absolute Gasteiger partial charge is 0.356 e. The summed E-state index contributed by atoms with van der Waals surface area (Å²) >= 11 is 0. The summed E-state index contributed by atoms with van der Waals surface area (Å²) in [5.74, 6) is 3.02. The van der Waals surface area contributed by atoms with E-state index in [9.17, 15) is 0 Å². The first-order chi connectivity index (χ1) is 12.2. The van der Waals surface area contributed by atoms with Gasteiger partial charge in [-0.2, -0.15) is 9.61 Å². The van der Waals surface area contributed by atoms with Crippen molar-refractivity contribution in [1.82, 2.24) is 24.1 Å². The molecule has 3 aromatic heterocycles. The van der Waals surface area contributed by atoms with Crippen LogP contribution in [0, 0.1) is 12.8 Å². The SMILES string of the molecule is CCCc1cc(N2CCC(Cn3ccnc3C)CC2)n2nccc2n1. The fourth-order valence-corrected chi connectivity index (χ4v) is 3.78. The summed E-state index contributed by atoms with van der Waals surface area (Å²) in [7, 11) is 0. The molecule has 0 unspecified atom stereocenters. The molecule has 0 atom stereocenters. The summed E-state index contributed by atoms with van der Waals surface area (Å²) < 4.78 is 4.26. The van der Waals surface area contributed by atoms with Gasteiger partial charge in [0.2, 0.25) is 0 Å². The van der Waals surface area contributed by atoms with Crippen LogP contribution in [0.15, 0.2) is 30.7 Å². The minimum Gasteiger partial charge on any atom is -0.356 e. The monoisotopic (exact) mass is 338 g/mol. The Balaban J connectivity index is 1.49. The van der Waals surface area contributed by atoms with Crippen molar-refractivity contribution in [2.24, 2.45) is 5.92 Å². The Bertz CT molecular complexity index is 841. The van der Waals surface area contributed by atoms with Gasteiger partial charge in [0.1, 0.15) is 11.6 Å². The van der Waals surface area contributed by atoms with Crippen molar-refractivity contribution in [3.05, 3.63) is 42.2 Å². The third-order valence-corrected chi connectivity index (χ3v) is 5.22. The number of hydrogen-bond donors (Lipinski definition) is 0. The third-order valence-electron chi connectivity index (χ3n) is 5.22. The van der Waals surface area contributed by atoms with Gasteiger partial charge in [-0.05, 0) is 32.1 Å². The van der Waals surface area contributed by atoms with Crippen LogP contribution in [0.3, 0.4) is 0 Å². The van der Waals surface area contributed by atoms with Crippen molar-refractivity contribution in [3.63, 3.8) is 0 Å². The standard InChI is InChI=1S/C19H26N6/c1-3-4-17-13-19(25-18(22-17)5-8-21-25)23-10-6-16(7-11-23)14-24-12-9-20-15(24)2/h5,8-9,12-13,16H,3-4,6-7,10-11,14H2,1-2H3. The van der Waals surface area contributed by atoms with Gasteiger partial charge in [0, 0.05) is 49.9 Å². The van der Waals surface area contributed by atoms with Gasteiger partial charge >= 0.3 is 0 Å². The summed E-state index contributed by atoms with van der Waals surface area (Å²) in [4.78, 5) is 11.5. The number of aromatic nitrogens is 5. The molecule has 0 radical (unpaired) electrons. The summed E-state index contributed by atoms with van der Waals surface area (Å²) in [5, 5.41) is 4.49. The second-order valence-electron chi connectivity index (χ2n) is 7.01. The first-order valence-corrected chi connectivity index (χ1v) is 9.31. The average molecular weight is 338 g/mol. The van der Waals surface area contributed by atoms with Crippen molar-refractivity contribution >= 4 is 11.5 Å². The number of hydrogen-bond acceptors (Lipinski definition) is 4. The van der Waals surface area contributed by atoms with E-state index in [0.29, 0.717) is 5.92 Å². The smallest absolute Gasteiger partial charge is 0.157 e. The maximum absolute atomic E-state index is 4.72. The first-order valence-electron chi connectivity index (χ1n) is 9.31. The molecule has 1 aliphatic rings. The van der Waals surface area contributed by atoms with E-state index in [0.717, 1.165) is 43.9 Å². The zero-order chi connectivity index (χ0) is 17.2. The van der Waals surface area contributed by atoms with Gasteiger partial charge in [0.05, 0.1) is 6.20 Å². The highest BCUT2D eigenvalue weighted by molar-refractivity contribution is 5.51. The molecular formula is C19H26N6. The molecule has 1 fully saturated rings. The highest BCUT2D eigenvalue weighted by Gasteiger charge is 2.22. The van der Waals surface area contributed by atoms with E-state index in [2.05, 4.69) is 45.7 Å². The van der Waals surface area contributed by atoms with Crippen molar-refractivity contribution in [2.75, 3.05) is 18.0 Å². The molecule has 25 heavy (non-hydrogen) atoms. The fraction of sp³-hybridized carbons (Fsp3) is 0.526. The molecule has 6 heteroatoms. The Morgan fingerprint density at radius 1 is 1.20 bits per heavy atom. The summed E-state index contributed by atoms with van der Waals surface area (Å²) in [5.41, 5.74) is 2.12. The van der Waals surface area contributed by atoms with Gasteiger partial charge in [-0.3, -0.25) is 0 Å². The van der Waals surface area contributed by atoms with Crippen LogP contribution >= 0.6 is 0 Å². The number of rotatable bonds is 5. The van der Waals surface area contributed by atoms with Crippen LogP contribution in [0.2, 0.25) is 0 Å². The number of anilines is 1. The Morgan fingerprint density at radius 2 is 2.04 bits per heavy atom. The van der Waals surface area contributed by atoms with E-state index in [1.54, 1.807) is 0 Å². The van der Waals surface area contributed by atoms with Crippen LogP contribution in [-0.4, -0.2) is 37.2 Å². The topological polar surface area (TPSA) is 51.2 Å². The second-order valence-corrected chi connectivity index (χ2v) is 7.01. The summed E-state index contributed by atoms with van der Waals surface area (Å²) in [6.45, 7) is 7.50. The Labute approximate surface area is 148 Å².